The number of amides is 1. The molecule has 0 bridgehead atoms. The zero-order chi connectivity index (χ0) is 13.8. The molecule has 1 heterocycles. The third-order valence-electron chi connectivity index (χ3n) is 2.38. The van der Waals surface area contributed by atoms with Crippen molar-refractivity contribution < 1.29 is 9.18 Å². The summed E-state index contributed by atoms with van der Waals surface area (Å²) in [6, 6.07) is 6.12. The van der Waals surface area contributed by atoms with Crippen LogP contribution in [-0.4, -0.2) is 16.1 Å². The monoisotopic (exact) mass is 296 g/mol. The van der Waals surface area contributed by atoms with E-state index in [0.29, 0.717) is 0 Å². The number of thioether (sulfide) groups is 1. The second kappa shape index (κ2) is 6.16. The molecule has 1 amide bonds. The number of carbonyl (C=O) groups is 1. The molecule has 0 fully saturated rings. The van der Waals surface area contributed by atoms with E-state index in [1.54, 1.807) is 19.1 Å². The number of para-hydroxylation sites is 1. The first-order chi connectivity index (χ1) is 9.06. The van der Waals surface area contributed by atoms with E-state index in [1.165, 1.54) is 35.2 Å². The zero-order valence-corrected chi connectivity index (χ0v) is 12.1. The summed E-state index contributed by atoms with van der Waals surface area (Å²) >= 11 is 2.87. The standard InChI is InChI=1S/C13H13FN2OS2/c1-8-7-18-13(15-8)19-9(2)12(17)16-11-6-4-3-5-10(11)14/h3-7,9H,1-2H3,(H,16,17)/t9-/m1/s1. The van der Waals surface area contributed by atoms with Crippen LogP contribution in [0, 0.1) is 12.7 Å². The molecule has 0 aliphatic rings. The molecule has 1 aromatic carbocycles. The van der Waals surface area contributed by atoms with Crippen molar-refractivity contribution >= 4 is 34.7 Å². The third-order valence-corrected chi connectivity index (χ3v) is 4.57. The van der Waals surface area contributed by atoms with E-state index in [4.69, 9.17) is 0 Å². The van der Waals surface area contributed by atoms with Gasteiger partial charge in [0, 0.05) is 11.1 Å². The van der Waals surface area contributed by atoms with Crippen molar-refractivity contribution in [2.24, 2.45) is 0 Å². The first kappa shape index (κ1) is 14.0. The first-order valence-electron chi connectivity index (χ1n) is 5.70. The molecule has 100 valence electrons. The number of halogens is 1. The van der Waals surface area contributed by atoms with Crippen LogP contribution in [0.5, 0.6) is 0 Å². The molecule has 0 radical (unpaired) electrons. The molecule has 3 nitrogen and oxygen atoms in total. The van der Waals surface area contributed by atoms with Crippen LogP contribution in [0.15, 0.2) is 34.0 Å². The highest BCUT2D eigenvalue weighted by Crippen LogP contribution is 2.27. The van der Waals surface area contributed by atoms with Gasteiger partial charge in [0.1, 0.15) is 5.82 Å². The Hall–Kier alpha value is -1.40. The van der Waals surface area contributed by atoms with Crippen LogP contribution in [0.2, 0.25) is 0 Å². The van der Waals surface area contributed by atoms with Crippen LogP contribution < -0.4 is 5.32 Å². The summed E-state index contributed by atoms with van der Waals surface area (Å²) in [5, 5.41) is 4.18. The van der Waals surface area contributed by atoms with Gasteiger partial charge in [0.25, 0.3) is 0 Å². The van der Waals surface area contributed by atoms with Crippen LogP contribution in [0.3, 0.4) is 0 Å². The van der Waals surface area contributed by atoms with E-state index < -0.39 is 5.82 Å². The number of aromatic nitrogens is 1. The molecular weight excluding hydrogens is 283 g/mol. The topological polar surface area (TPSA) is 42.0 Å². The molecule has 0 unspecified atom stereocenters. The number of rotatable bonds is 4. The predicted octanol–water partition coefficient (Wildman–Crippen LogP) is 3.71. The maximum atomic E-state index is 13.4. The second-order valence-corrected chi connectivity index (χ2v) is 6.43. The minimum atomic E-state index is -0.432. The number of hydrogen-bond acceptors (Lipinski definition) is 4. The average molecular weight is 296 g/mol. The van der Waals surface area contributed by atoms with Crippen LogP contribution in [0.25, 0.3) is 0 Å². The van der Waals surface area contributed by atoms with Crippen LogP contribution >= 0.6 is 23.1 Å². The van der Waals surface area contributed by atoms with Gasteiger partial charge in [-0.3, -0.25) is 4.79 Å². The molecule has 0 aliphatic carbocycles. The predicted molar refractivity (Wildman–Crippen MR) is 77.2 cm³/mol. The van der Waals surface area contributed by atoms with Gasteiger partial charge in [-0.15, -0.1) is 11.3 Å². The van der Waals surface area contributed by atoms with Gasteiger partial charge in [0.2, 0.25) is 5.91 Å². The summed E-state index contributed by atoms with van der Waals surface area (Å²) in [6.07, 6.45) is 0. The lowest BCUT2D eigenvalue weighted by Crippen LogP contribution is -2.22. The van der Waals surface area contributed by atoms with E-state index in [1.807, 2.05) is 12.3 Å². The van der Waals surface area contributed by atoms with Gasteiger partial charge in [0.15, 0.2) is 4.34 Å². The van der Waals surface area contributed by atoms with Gasteiger partial charge < -0.3 is 5.32 Å². The van der Waals surface area contributed by atoms with Gasteiger partial charge in [-0.05, 0) is 26.0 Å². The molecular formula is C13H13FN2OS2. The van der Waals surface area contributed by atoms with Crippen LogP contribution in [0.4, 0.5) is 10.1 Å². The number of carbonyl (C=O) groups excluding carboxylic acids is 1. The Bertz CT molecular complexity index is 586. The molecule has 1 atom stereocenters. The second-order valence-electron chi connectivity index (χ2n) is 3.98. The Balaban J connectivity index is 1.98. The SMILES string of the molecule is Cc1csc(S[C@H](C)C(=O)Nc2ccccc2F)n1. The van der Waals surface area contributed by atoms with E-state index in [9.17, 15) is 9.18 Å². The van der Waals surface area contributed by atoms with Crippen molar-refractivity contribution in [3.8, 4) is 0 Å². The Kier molecular flexibility index (Phi) is 4.55. The van der Waals surface area contributed by atoms with Crippen LogP contribution in [-0.2, 0) is 4.79 Å². The lowest BCUT2D eigenvalue weighted by atomic mass is 10.3. The minimum absolute atomic E-state index is 0.204. The summed E-state index contributed by atoms with van der Waals surface area (Å²) in [6.45, 7) is 3.68. The molecule has 2 aromatic rings. The largest absolute Gasteiger partial charge is 0.323 e. The van der Waals surface area contributed by atoms with E-state index in [2.05, 4.69) is 10.3 Å². The summed E-state index contributed by atoms with van der Waals surface area (Å²) in [5.74, 6) is -0.666. The molecule has 1 aromatic heterocycles. The van der Waals surface area contributed by atoms with Gasteiger partial charge in [0.05, 0.1) is 10.9 Å². The molecule has 19 heavy (non-hydrogen) atoms. The van der Waals surface area contributed by atoms with Gasteiger partial charge in [-0.25, -0.2) is 9.37 Å². The van der Waals surface area contributed by atoms with E-state index in [0.717, 1.165) is 10.0 Å². The zero-order valence-electron chi connectivity index (χ0n) is 10.5. The summed E-state index contributed by atoms with van der Waals surface area (Å²) in [4.78, 5) is 16.2. The molecule has 0 saturated carbocycles. The Labute approximate surface area is 119 Å². The third kappa shape index (κ3) is 3.78. The fourth-order valence-corrected chi connectivity index (χ4v) is 3.37. The highest BCUT2D eigenvalue weighted by molar-refractivity contribution is 8.02. The Morgan fingerprint density at radius 2 is 2.21 bits per heavy atom. The maximum absolute atomic E-state index is 13.4. The summed E-state index contributed by atoms with van der Waals surface area (Å²) in [7, 11) is 0. The van der Waals surface area contributed by atoms with Crippen molar-refractivity contribution in [3.63, 3.8) is 0 Å². The minimum Gasteiger partial charge on any atom is -0.323 e. The summed E-state index contributed by atoms with van der Waals surface area (Å²) < 4.78 is 14.3. The van der Waals surface area contributed by atoms with Crippen LogP contribution in [0.1, 0.15) is 12.6 Å². The number of aryl methyl sites for hydroxylation is 1. The number of nitrogens with zero attached hydrogens (tertiary/aromatic N) is 1. The highest BCUT2D eigenvalue weighted by Gasteiger charge is 2.17. The quantitative estimate of drug-likeness (QED) is 0.875. The molecule has 6 heteroatoms. The van der Waals surface area contributed by atoms with Gasteiger partial charge >= 0.3 is 0 Å². The van der Waals surface area contributed by atoms with Gasteiger partial charge in [-0.2, -0.15) is 0 Å². The lowest BCUT2D eigenvalue weighted by Gasteiger charge is -2.10. The highest BCUT2D eigenvalue weighted by atomic mass is 32.2. The normalized spacial score (nSPS) is 12.2. The van der Waals surface area contributed by atoms with E-state index in [-0.39, 0.29) is 16.8 Å². The number of nitrogens with one attached hydrogen (secondary N) is 1. The first-order valence-corrected chi connectivity index (χ1v) is 7.46. The molecule has 0 spiro atoms. The van der Waals surface area contributed by atoms with Crippen molar-refractivity contribution in [2.75, 3.05) is 5.32 Å². The van der Waals surface area contributed by atoms with Crippen molar-refractivity contribution in [1.29, 1.82) is 0 Å². The van der Waals surface area contributed by atoms with Crippen molar-refractivity contribution in [2.45, 2.75) is 23.4 Å². The van der Waals surface area contributed by atoms with Crippen molar-refractivity contribution in [1.82, 2.24) is 4.98 Å². The molecule has 0 saturated heterocycles. The number of hydrogen-bond donors (Lipinski definition) is 1. The van der Waals surface area contributed by atoms with Gasteiger partial charge in [-0.1, -0.05) is 23.9 Å². The average Bonchev–Trinajstić information content (AvgIpc) is 2.77. The number of anilines is 1. The number of thiazole rings is 1. The fourth-order valence-electron chi connectivity index (χ4n) is 1.39. The maximum Gasteiger partial charge on any atom is 0.237 e. The Morgan fingerprint density at radius 3 is 2.84 bits per heavy atom. The fraction of sp³-hybridized carbons (Fsp3) is 0.231. The molecule has 1 N–H and O–H groups in total. The molecule has 0 aliphatic heterocycles. The smallest absolute Gasteiger partial charge is 0.237 e. The van der Waals surface area contributed by atoms with Crippen molar-refractivity contribution in [3.05, 3.63) is 41.2 Å². The Morgan fingerprint density at radius 1 is 1.47 bits per heavy atom. The van der Waals surface area contributed by atoms with E-state index >= 15 is 0 Å². The summed E-state index contributed by atoms with van der Waals surface area (Å²) in [5.41, 5.74) is 1.14. The number of benzene rings is 1. The lowest BCUT2D eigenvalue weighted by molar-refractivity contribution is -0.115. The molecule has 2 rings (SSSR count).